The summed E-state index contributed by atoms with van der Waals surface area (Å²) in [4.78, 5) is 33.8. The van der Waals surface area contributed by atoms with Crippen molar-refractivity contribution in [2.45, 2.75) is 12.8 Å². The number of piperazine rings is 1. The number of aromatic nitrogens is 2. The Balaban J connectivity index is 1.13. The van der Waals surface area contributed by atoms with Crippen LogP contribution in [0.5, 0.6) is 0 Å². The second kappa shape index (κ2) is 9.68. The molecule has 0 bridgehead atoms. The molecule has 1 fully saturated rings. The molecule has 1 aliphatic heterocycles. The molecule has 0 saturated carbocycles. The fraction of sp³-hybridized carbons (Fsp3) is 0.400. The van der Waals surface area contributed by atoms with E-state index < -0.39 is 0 Å². The summed E-state index contributed by atoms with van der Waals surface area (Å²) in [5.41, 5.74) is 0.413. The third-order valence-corrected chi connectivity index (χ3v) is 5.85. The van der Waals surface area contributed by atoms with Gasteiger partial charge in [-0.1, -0.05) is 11.2 Å². The van der Waals surface area contributed by atoms with Crippen molar-refractivity contribution in [2.24, 2.45) is 0 Å². The van der Waals surface area contributed by atoms with Crippen molar-refractivity contribution in [1.82, 2.24) is 25.3 Å². The highest BCUT2D eigenvalue weighted by Gasteiger charge is 2.21. The highest BCUT2D eigenvalue weighted by molar-refractivity contribution is 7.13. The van der Waals surface area contributed by atoms with Crippen molar-refractivity contribution >= 4 is 23.2 Å². The first-order valence-corrected chi connectivity index (χ1v) is 10.7. The molecule has 3 aromatic rings. The number of amides is 2. The third kappa shape index (κ3) is 5.14. The predicted octanol–water partition coefficient (Wildman–Crippen LogP) is 1.90. The maximum Gasteiger partial charge on any atom is 0.254 e. The third-order valence-electron chi connectivity index (χ3n) is 4.98. The second-order valence-corrected chi connectivity index (χ2v) is 7.96. The smallest absolute Gasteiger partial charge is 0.254 e. The molecule has 1 aliphatic rings. The van der Waals surface area contributed by atoms with E-state index in [9.17, 15) is 9.59 Å². The molecule has 2 amide bonds. The number of hydrogen-bond acceptors (Lipinski definition) is 8. The van der Waals surface area contributed by atoms with Crippen LogP contribution in [0.3, 0.4) is 0 Å². The van der Waals surface area contributed by atoms with Gasteiger partial charge in [-0.05, 0) is 30.5 Å². The van der Waals surface area contributed by atoms with Crippen LogP contribution in [-0.4, -0.2) is 71.0 Å². The minimum absolute atomic E-state index is 0.00620. The Labute approximate surface area is 177 Å². The van der Waals surface area contributed by atoms with E-state index in [2.05, 4.69) is 20.4 Å². The average Bonchev–Trinajstić information content (AvgIpc) is 3.54. The van der Waals surface area contributed by atoms with Gasteiger partial charge in [0.25, 0.3) is 5.91 Å². The van der Waals surface area contributed by atoms with Gasteiger partial charge in [0.1, 0.15) is 6.26 Å². The van der Waals surface area contributed by atoms with Gasteiger partial charge < -0.3 is 19.2 Å². The summed E-state index contributed by atoms with van der Waals surface area (Å²) < 4.78 is 10.2. The van der Waals surface area contributed by atoms with E-state index in [0.29, 0.717) is 30.4 Å². The Bertz CT molecular complexity index is 946. The van der Waals surface area contributed by atoms with Crippen molar-refractivity contribution in [3.05, 3.63) is 47.6 Å². The molecule has 1 saturated heterocycles. The minimum atomic E-state index is -0.306. The highest BCUT2D eigenvalue weighted by atomic mass is 32.1. The molecular formula is C20H23N5O4S. The maximum atomic E-state index is 12.3. The van der Waals surface area contributed by atoms with E-state index >= 15 is 0 Å². The van der Waals surface area contributed by atoms with E-state index in [1.165, 1.54) is 12.5 Å². The Morgan fingerprint density at radius 3 is 2.80 bits per heavy atom. The maximum absolute atomic E-state index is 12.3. The number of hydrogen-bond donors (Lipinski definition) is 1. The van der Waals surface area contributed by atoms with E-state index in [1.54, 1.807) is 22.3 Å². The number of carbonyl (C=O) groups excluding carboxylic acids is 2. The molecule has 0 unspecified atom stereocenters. The molecule has 158 valence electrons. The van der Waals surface area contributed by atoms with E-state index in [1.807, 2.05) is 17.5 Å². The predicted molar refractivity (Wildman–Crippen MR) is 110 cm³/mol. The zero-order chi connectivity index (χ0) is 20.8. The van der Waals surface area contributed by atoms with Gasteiger partial charge in [0.05, 0.1) is 23.2 Å². The Morgan fingerprint density at radius 1 is 1.20 bits per heavy atom. The van der Waals surface area contributed by atoms with Gasteiger partial charge >= 0.3 is 0 Å². The summed E-state index contributed by atoms with van der Waals surface area (Å²) >= 11 is 1.59. The Hall–Kier alpha value is -2.98. The molecule has 10 heteroatoms. The molecule has 3 aromatic heterocycles. The summed E-state index contributed by atoms with van der Waals surface area (Å²) in [6.07, 6.45) is 4.44. The van der Waals surface area contributed by atoms with Gasteiger partial charge in [0, 0.05) is 32.6 Å². The van der Waals surface area contributed by atoms with E-state index in [-0.39, 0.29) is 18.4 Å². The van der Waals surface area contributed by atoms with Crippen molar-refractivity contribution < 1.29 is 18.5 Å². The minimum Gasteiger partial charge on any atom is -0.472 e. The number of carbonyl (C=O) groups is 2. The topological polar surface area (TPSA) is 105 Å². The molecule has 4 rings (SSSR count). The zero-order valence-electron chi connectivity index (χ0n) is 16.5. The van der Waals surface area contributed by atoms with Crippen LogP contribution in [0, 0.1) is 0 Å². The van der Waals surface area contributed by atoms with Crippen LogP contribution in [0.2, 0.25) is 0 Å². The summed E-state index contributed by atoms with van der Waals surface area (Å²) in [5.74, 6) is 0.921. The molecular weight excluding hydrogens is 406 g/mol. The van der Waals surface area contributed by atoms with Crippen LogP contribution in [0.4, 0.5) is 0 Å². The van der Waals surface area contributed by atoms with Crippen LogP contribution in [-0.2, 0) is 11.2 Å². The molecule has 1 N–H and O–H groups in total. The largest absolute Gasteiger partial charge is 0.472 e. The first-order valence-electron chi connectivity index (χ1n) is 9.86. The SMILES string of the molecule is O=C(NCC(=O)N1CCN(CCCc2nc(-c3cccs3)no2)CC1)c1ccoc1. The Morgan fingerprint density at radius 2 is 2.07 bits per heavy atom. The van der Waals surface area contributed by atoms with Gasteiger partial charge in [0.2, 0.25) is 17.6 Å². The quantitative estimate of drug-likeness (QED) is 0.583. The number of furan rings is 1. The fourth-order valence-corrected chi connectivity index (χ4v) is 3.95. The standard InChI is InChI=1S/C20H23N5O4S/c26-18(13-21-20(27)15-5-11-28-14-15)25-9-7-24(8-10-25)6-1-4-17-22-19(23-29-17)16-3-2-12-30-16/h2-3,5,11-12,14H,1,4,6-10,13H2,(H,21,27). The molecule has 0 aromatic carbocycles. The van der Waals surface area contributed by atoms with E-state index in [4.69, 9.17) is 8.94 Å². The van der Waals surface area contributed by atoms with Gasteiger partial charge in [-0.2, -0.15) is 4.98 Å². The van der Waals surface area contributed by atoms with Gasteiger partial charge in [-0.3, -0.25) is 14.5 Å². The lowest BCUT2D eigenvalue weighted by atomic mass is 10.2. The first-order chi connectivity index (χ1) is 14.7. The normalized spacial score (nSPS) is 14.7. The number of nitrogens with one attached hydrogen (secondary N) is 1. The average molecular weight is 430 g/mol. The lowest BCUT2D eigenvalue weighted by molar-refractivity contribution is -0.131. The molecule has 9 nitrogen and oxygen atoms in total. The van der Waals surface area contributed by atoms with Crippen molar-refractivity contribution in [1.29, 1.82) is 0 Å². The van der Waals surface area contributed by atoms with Gasteiger partial charge in [-0.25, -0.2) is 0 Å². The lowest BCUT2D eigenvalue weighted by Crippen LogP contribution is -2.51. The molecule has 0 atom stereocenters. The van der Waals surface area contributed by atoms with Crippen LogP contribution in [0.25, 0.3) is 10.7 Å². The van der Waals surface area contributed by atoms with Crippen molar-refractivity contribution in [2.75, 3.05) is 39.3 Å². The van der Waals surface area contributed by atoms with Gasteiger partial charge in [-0.15, -0.1) is 11.3 Å². The van der Waals surface area contributed by atoms with Crippen LogP contribution >= 0.6 is 11.3 Å². The monoisotopic (exact) mass is 429 g/mol. The molecule has 4 heterocycles. The van der Waals surface area contributed by atoms with Crippen LogP contribution in [0.1, 0.15) is 22.7 Å². The fourth-order valence-electron chi connectivity index (χ4n) is 3.30. The van der Waals surface area contributed by atoms with Crippen LogP contribution in [0.15, 0.2) is 45.0 Å². The molecule has 0 aliphatic carbocycles. The number of rotatable bonds is 8. The summed E-state index contributed by atoms with van der Waals surface area (Å²) in [5, 5.41) is 8.65. The summed E-state index contributed by atoms with van der Waals surface area (Å²) in [6, 6.07) is 5.51. The zero-order valence-corrected chi connectivity index (χ0v) is 17.3. The molecule has 0 radical (unpaired) electrons. The first kappa shape index (κ1) is 20.3. The van der Waals surface area contributed by atoms with Gasteiger partial charge in [0.15, 0.2) is 0 Å². The van der Waals surface area contributed by atoms with Crippen LogP contribution < -0.4 is 5.32 Å². The van der Waals surface area contributed by atoms with Crippen molar-refractivity contribution in [3.63, 3.8) is 0 Å². The summed E-state index contributed by atoms with van der Waals surface area (Å²) in [7, 11) is 0. The molecule has 0 spiro atoms. The number of nitrogens with zero attached hydrogens (tertiary/aromatic N) is 4. The lowest BCUT2D eigenvalue weighted by Gasteiger charge is -2.34. The Kier molecular flexibility index (Phi) is 6.55. The number of thiophene rings is 1. The van der Waals surface area contributed by atoms with E-state index in [0.717, 1.165) is 37.4 Å². The number of aryl methyl sites for hydroxylation is 1. The highest BCUT2D eigenvalue weighted by Crippen LogP contribution is 2.21. The second-order valence-electron chi connectivity index (χ2n) is 7.01. The summed E-state index contributed by atoms with van der Waals surface area (Å²) in [6.45, 7) is 3.84. The van der Waals surface area contributed by atoms with Crippen molar-refractivity contribution in [3.8, 4) is 10.7 Å². The molecule has 30 heavy (non-hydrogen) atoms.